The number of carbonyl (C=O) groups is 1. The smallest absolute Gasteiger partial charge is 0.224 e. The zero-order valence-corrected chi connectivity index (χ0v) is 13.4. The summed E-state index contributed by atoms with van der Waals surface area (Å²) in [5.74, 6) is 0.631. The Hall–Kier alpha value is -2.33. The number of rotatable bonds is 8. The van der Waals surface area contributed by atoms with Crippen LogP contribution in [-0.4, -0.2) is 17.6 Å². The predicted octanol–water partition coefficient (Wildman–Crippen LogP) is 3.54. The molecule has 2 aromatic rings. The average molecular weight is 313 g/mol. The number of benzene rings is 2. The van der Waals surface area contributed by atoms with Crippen LogP contribution in [0.3, 0.4) is 0 Å². The second kappa shape index (κ2) is 8.96. The van der Waals surface area contributed by atoms with Crippen molar-refractivity contribution in [2.24, 2.45) is 0 Å². The number of anilines is 1. The molecule has 1 amide bonds. The molecule has 4 nitrogen and oxygen atoms in total. The van der Waals surface area contributed by atoms with Gasteiger partial charge in [-0.2, -0.15) is 0 Å². The first-order chi connectivity index (χ1) is 11.2. The molecule has 2 aromatic carbocycles. The van der Waals surface area contributed by atoms with E-state index in [0.29, 0.717) is 30.0 Å². The van der Waals surface area contributed by atoms with Gasteiger partial charge in [0.25, 0.3) is 0 Å². The lowest BCUT2D eigenvalue weighted by atomic mass is 10.1. The van der Waals surface area contributed by atoms with E-state index in [-0.39, 0.29) is 12.5 Å². The van der Waals surface area contributed by atoms with Crippen LogP contribution in [0.1, 0.15) is 30.9 Å². The van der Waals surface area contributed by atoms with Gasteiger partial charge in [-0.15, -0.1) is 0 Å². The van der Waals surface area contributed by atoms with Crippen molar-refractivity contribution in [3.8, 4) is 5.75 Å². The molecular formula is C19H23NO3. The van der Waals surface area contributed by atoms with Crippen molar-refractivity contribution in [1.82, 2.24) is 0 Å². The Morgan fingerprint density at radius 1 is 1.17 bits per heavy atom. The summed E-state index contributed by atoms with van der Waals surface area (Å²) in [7, 11) is 0. The third-order valence-electron chi connectivity index (χ3n) is 3.53. The largest absolute Gasteiger partial charge is 0.494 e. The summed E-state index contributed by atoms with van der Waals surface area (Å²) in [6.07, 6.45) is 2.16. The zero-order chi connectivity index (χ0) is 16.5. The van der Waals surface area contributed by atoms with E-state index >= 15 is 0 Å². The van der Waals surface area contributed by atoms with Crippen LogP contribution in [0.2, 0.25) is 0 Å². The number of amides is 1. The first-order valence-corrected chi connectivity index (χ1v) is 7.93. The number of hydrogen-bond donors (Lipinski definition) is 2. The number of aryl methyl sites for hydroxylation is 1. The maximum atomic E-state index is 12.0. The fraction of sp³-hybridized carbons (Fsp3) is 0.316. The summed E-state index contributed by atoms with van der Waals surface area (Å²) in [5.41, 5.74) is 2.60. The number of aliphatic hydroxyl groups is 1. The molecule has 0 unspecified atom stereocenters. The Balaban J connectivity index is 1.85. The summed E-state index contributed by atoms with van der Waals surface area (Å²) >= 11 is 0. The minimum atomic E-state index is -0.118. The van der Waals surface area contributed by atoms with E-state index in [0.717, 1.165) is 12.8 Å². The second-order valence-corrected chi connectivity index (χ2v) is 5.30. The first kappa shape index (κ1) is 17.0. The summed E-state index contributed by atoms with van der Waals surface area (Å²) in [6, 6.07) is 15.4. The molecule has 0 saturated heterocycles. The van der Waals surface area contributed by atoms with Crippen molar-refractivity contribution in [2.45, 2.75) is 32.8 Å². The highest BCUT2D eigenvalue weighted by Crippen LogP contribution is 2.23. The molecule has 2 N–H and O–H groups in total. The highest BCUT2D eigenvalue weighted by molar-refractivity contribution is 5.90. The van der Waals surface area contributed by atoms with E-state index in [2.05, 4.69) is 17.4 Å². The highest BCUT2D eigenvalue weighted by atomic mass is 16.5. The second-order valence-electron chi connectivity index (χ2n) is 5.30. The van der Waals surface area contributed by atoms with Gasteiger partial charge in [-0.05, 0) is 43.5 Å². The van der Waals surface area contributed by atoms with Gasteiger partial charge >= 0.3 is 0 Å². The van der Waals surface area contributed by atoms with Crippen molar-refractivity contribution >= 4 is 11.6 Å². The summed E-state index contributed by atoms with van der Waals surface area (Å²) in [4.78, 5) is 12.0. The maximum Gasteiger partial charge on any atom is 0.224 e. The van der Waals surface area contributed by atoms with Crippen molar-refractivity contribution in [3.05, 3.63) is 59.7 Å². The van der Waals surface area contributed by atoms with E-state index in [1.165, 1.54) is 5.56 Å². The summed E-state index contributed by atoms with van der Waals surface area (Å²) < 4.78 is 5.43. The van der Waals surface area contributed by atoms with Crippen LogP contribution in [0.15, 0.2) is 48.5 Å². The molecule has 0 bridgehead atoms. The quantitative estimate of drug-likeness (QED) is 0.783. The van der Waals surface area contributed by atoms with Crippen LogP contribution in [0.25, 0.3) is 0 Å². The van der Waals surface area contributed by atoms with E-state index in [4.69, 9.17) is 4.74 Å². The molecule has 23 heavy (non-hydrogen) atoms. The fourth-order valence-corrected chi connectivity index (χ4v) is 2.40. The maximum absolute atomic E-state index is 12.0. The van der Waals surface area contributed by atoms with Gasteiger partial charge in [-0.3, -0.25) is 4.79 Å². The van der Waals surface area contributed by atoms with Gasteiger partial charge in [0.2, 0.25) is 5.91 Å². The van der Waals surface area contributed by atoms with Gasteiger partial charge < -0.3 is 15.2 Å². The lowest BCUT2D eigenvalue weighted by Crippen LogP contribution is -2.12. The lowest BCUT2D eigenvalue weighted by molar-refractivity contribution is -0.116. The third-order valence-corrected chi connectivity index (χ3v) is 3.53. The molecule has 4 heteroatoms. The number of aliphatic hydroxyl groups excluding tert-OH is 1. The van der Waals surface area contributed by atoms with Gasteiger partial charge in [-0.25, -0.2) is 0 Å². The molecule has 122 valence electrons. The van der Waals surface area contributed by atoms with Crippen LogP contribution in [-0.2, 0) is 17.8 Å². The normalized spacial score (nSPS) is 10.3. The zero-order valence-electron chi connectivity index (χ0n) is 13.4. The van der Waals surface area contributed by atoms with Crippen LogP contribution in [0.4, 0.5) is 5.69 Å². The lowest BCUT2D eigenvalue weighted by Gasteiger charge is -2.11. The number of hydrogen-bond acceptors (Lipinski definition) is 3. The van der Waals surface area contributed by atoms with Crippen molar-refractivity contribution in [2.75, 3.05) is 11.9 Å². The molecular weight excluding hydrogens is 290 g/mol. The summed E-state index contributed by atoms with van der Waals surface area (Å²) in [5, 5.41) is 12.2. The Labute approximate surface area is 137 Å². The Morgan fingerprint density at radius 2 is 1.96 bits per heavy atom. The monoisotopic (exact) mass is 313 g/mol. The van der Waals surface area contributed by atoms with E-state index in [1.54, 1.807) is 18.2 Å². The minimum absolute atomic E-state index is 0.0195. The Kier molecular flexibility index (Phi) is 6.63. The molecule has 0 fully saturated rings. The summed E-state index contributed by atoms with van der Waals surface area (Å²) in [6.45, 7) is 2.31. The molecule has 0 saturated carbocycles. The van der Waals surface area contributed by atoms with Crippen molar-refractivity contribution in [1.29, 1.82) is 0 Å². The van der Waals surface area contributed by atoms with Crippen LogP contribution in [0.5, 0.6) is 5.75 Å². The first-order valence-electron chi connectivity index (χ1n) is 7.93. The van der Waals surface area contributed by atoms with Gasteiger partial charge in [0.1, 0.15) is 5.75 Å². The number of carbonyl (C=O) groups excluding carboxylic acids is 1. The molecule has 0 aliphatic rings. The van der Waals surface area contributed by atoms with Crippen molar-refractivity contribution < 1.29 is 14.6 Å². The van der Waals surface area contributed by atoms with E-state index in [1.807, 2.05) is 25.1 Å². The van der Waals surface area contributed by atoms with Gasteiger partial charge in [0, 0.05) is 17.7 Å². The molecule has 0 heterocycles. The van der Waals surface area contributed by atoms with Gasteiger partial charge in [0.05, 0.1) is 13.2 Å². The van der Waals surface area contributed by atoms with Crippen LogP contribution >= 0.6 is 0 Å². The SMILES string of the molecule is CCOc1ccc(NC(=O)CCCc2ccccc2)cc1CO. The minimum Gasteiger partial charge on any atom is -0.494 e. The Morgan fingerprint density at radius 3 is 2.65 bits per heavy atom. The molecule has 0 spiro atoms. The van der Waals surface area contributed by atoms with Crippen molar-refractivity contribution in [3.63, 3.8) is 0 Å². The topological polar surface area (TPSA) is 58.6 Å². The average Bonchev–Trinajstić information content (AvgIpc) is 2.57. The Bertz CT molecular complexity index is 626. The molecule has 0 aliphatic heterocycles. The van der Waals surface area contributed by atoms with Gasteiger partial charge in [-0.1, -0.05) is 30.3 Å². The van der Waals surface area contributed by atoms with Gasteiger partial charge in [0.15, 0.2) is 0 Å². The molecule has 0 radical (unpaired) electrons. The molecule has 0 atom stereocenters. The van der Waals surface area contributed by atoms with Crippen LogP contribution in [0, 0.1) is 0 Å². The fourth-order valence-electron chi connectivity index (χ4n) is 2.40. The number of nitrogens with one attached hydrogen (secondary N) is 1. The van der Waals surface area contributed by atoms with E-state index in [9.17, 15) is 9.90 Å². The van der Waals surface area contributed by atoms with Crippen LogP contribution < -0.4 is 10.1 Å². The molecule has 2 rings (SSSR count). The third kappa shape index (κ3) is 5.42. The molecule has 0 aliphatic carbocycles. The molecule has 0 aromatic heterocycles. The standard InChI is InChI=1S/C19H23NO3/c1-2-23-18-12-11-17(13-16(18)14-21)20-19(22)10-6-9-15-7-4-3-5-8-15/h3-5,7-8,11-13,21H,2,6,9-10,14H2,1H3,(H,20,22). The number of ether oxygens (including phenoxy) is 1. The highest BCUT2D eigenvalue weighted by Gasteiger charge is 2.07. The van der Waals surface area contributed by atoms with E-state index < -0.39 is 0 Å². The predicted molar refractivity (Wildman–Crippen MR) is 91.5 cm³/mol.